The fourth-order valence-electron chi connectivity index (χ4n) is 1.83. The third kappa shape index (κ3) is 3.33. The van der Waals surface area contributed by atoms with Gasteiger partial charge >= 0.3 is 6.18 Å². The molecule has 0 fully saturated rings. The molecule has 1 heterocycles. The number of aryl methyl sites for hydroxylation is 1. The maximum absolute atomic E-state index is 13.0. The summed E-state index contributed by atoms with van der Waals surface area (Å²) in [6.07, 6.45) is -3.00. The van der Waals surface area contributed by atoms with E-state index >= 15 is 0 Å². The Morgan fingerprint density at radius 1 is 1.10 bits per heavy atom. The third-order valence-corrected chi connectivity index (χ3v) is 2.77. The first-order valence-electron chi connectivity index (χ1n) is 6.12. The van der Waals surface area contributed by atoms with Crippen molar-refractivity contribution in [3.8, 4) is 11.4 Å². The van der Waals surface area contributed by atoms with Gasteiger partial charge in [0.15, 0.2) is 11.5 Å². The lowest BCUT2D eigenvalue weighted by atomic mass is 10.1. The molecule has 0 unspecified atom stereocenters. The second-order valence-corrected chi connectivity index (χ2v) is 4.26. The summed E-state index contributed by atoms with van der Waals surface area (Å²) >= 11 is 0. The molecule has 1 N–H and O–H groups in total. The first-order chi connectivity index (χ1) is 9.52. The topological polar surface area (TPSA) is 46.0 Å². The molecule has 0 spiro atoms. The van der Waals surface area contributed by atoms with Gasteiger partial charge in [-0.2, -0.15) is 13.2 Å². The summed E-state index contributed by atoms with van der Waals surface area (Å²) in [4.78, 5) is 7.63. The van der Waals surface area contributed by atoms with Crippen LogP contribution in [0.2, 0.25) is 0 Å². The summed E-state index contributed by atoms with van der Waals surface area (Å²) in [7, 11) is 0. The standard InChI is InChI=1S/C14H13F3N2O/c15-14(16,17)12-11(7-4-8-20)9-18-13(19-12)10-5-2-1-3-6-10/h1-3,5-6,9,20H,4,7-8H2. The van der Waals surface area contributed by atoms with Crippen LogP contribution < -0.4 is 0 Å². The Hall–Kier alpha value is -1.95. The van der Waals surface area contributed by atoms with Crippen molar-refractivity contribution in [2.24, 2.45) is 0 Å². The number of aliphatic hydroxyl groups excluding tert-OH is 1. The van der Waals surface area contributed by atoms with Gasteiger partial charge in [0.1, 0.15) is 0 Å². The molecule has 0 bridgehead atoms. The predicted molar refractivity (Wildman–Crippen MR) is 67.9 cm³/mol. The van der Waals surface area contributed by atoms with E-state index in [0.717, 1.165) is 0 Å². The van der Waals surface area contributed by atoms with E-state index in [2.05, 4.69) is 9.97 Å². The van der Waals surface area contributed by atoms with Crippen LogP contribution in [0, 0.1) is 0 Å². The van der Waals surface area contributed by atoms with Crippen LogP contribution in [0.4, 0.5) is 13.2 Å². The molecule has 0 saturated heterocycles. The lowest BCUT2D eigenvalue weighted by Gasteiger charge is -2.12. The van der Waals surface area contributed by atoms with Gasteiger partial charge in [-0.05, 0) is 12.8 Å². The zero-order valence-electron chi connectivity index (χ0n) is 10.6. The lowest BCUT2D eigenvalue weighted by molar-refractivity contribution is -0.141. The first kappa shape index (κ1) is 14.5. The molecule has 106 valence electrons. The Kier molecular flexibility index (Phi) is 4.34. The maximum atomic E-state index is 13.0. The summed E-state index contributed by atoms with van der Waals surface area (Å²) in [5.41, 5.74) is -0.391. The molecule has 6 heteroatoms. The molecule has 3 nitrogen and oxygen atoms in total. The van der Waals surface area contributed by atoms with Crippen LogP contribution in [-0.4, -0.2) is 21.7 Å². The maximum Gasteiger partial charge on any atom is 0.433 e. The number of alkyl halides is 3. The van der Waals surface area contributed by atoms with Crippen LogP contribution in [0.15, 0.2) is 36.5 Å². The Balaban J connectivity index is 2.44. The molecule has 1 aromatic carbocycles. The molecule has 0 radical (unpaired) electrons. The highest BCUT2D eigenvalue weighted by Gasteiger charge is 2.35. The van der Waals surface area contributed by atoms with Gasteiger partial charge < -0.3 is 5.11 Å². The van der Waals surface area contributed by atoms with Crippen molar-refractivity contribution in [1.82, 2.24) is 9.97 Å². The van der Waals surface area contributed by atoms with E-state index in [0.29, 0.717) is 5.56 Å². The van der Waals surface area contributed by atoms with Gasteiger partial charge in [-0.25, -0.2) is 9.97 Å². The zero-order valence-corrected chi connectivity index (χ0v) is 10.6. The molecule has 2 rings (SSSR count). The first-order valence-corrected chi connectivity index (χ1v) is 6.12. The zero-order chi connectivity index (χ0) is 14.6. The lowest BCUT2D eigenvalue weighted by Crippen LogP contribution is -2.14. The average molecular weight is 282 g/mol. The van der Waals surface area contributed by atoms with Crippen LogP contribution in [0.25, 0.3) is 11.4 Å². The van der Waals surface area contributed by atoms with E-state index in [9.17, 15) is 13.2 Å². The van der Waals surface area contributed by atoms with Crippen LogP contribution in [-0.2, 0) is 12.6 Å². The molecule has 1 aromatic heterocycles. The van der Waals surface area contributed by atoms with Crippen molar-refractivity contribution in [3.05, 3.63) is 47.8 Å². The molecule has 0 aliphatic carbocycles. The van der Waals surface area contributed by atoms with E-state index in [1.807, 2.05) is 0 Å². The normalized spacial score (nSPS) is 11.6. The Labute approximate surface area is 114 Å². The predicted octanol–water partition coefficient (Wildman–Crippen LogP) is 3.09. The van der Waals surface area contributed by atoms with E-state index in [4.69, 9.17) is 5.11 Å². The summed E-state index contributed by atoms with van der Waals surface area (Å²) in [6, 6.07) is 8.51. The second-order valence-electron chi connectivity index (χ2n) is 4.26. The van der Waals surface area contributed by atoms with Crippen LogP contribution in [0.3, 0.4) is 0 Å². The third-order valence-electron chi connectivity index (χ3n) is 2.77. The Morgan fingerprint density at radius 3 is 2.40 bits per heavy atom. The van der Waals surface area contributed by atoms with Gasteiger partial charge in [0.2, 0.25) is 0 Å². The molecular weight excluding hydrogens is 269 g/mol. The summed E-state index contributed by atoms with van der Waals surface area (Å²) in [5.74, 6) is 0.0469. The van der Waals surface area contributed by atoms with Gasteiger partial charge in [-0.15, -0.1) is 0 Å². The SMILES string of the molecule is OCCCc1cnc(-c2ccccc2)nc1C(F)(F)F. The van der Waals surface area contributed by atoms with Gasteiger partial charge in [0, 0.05) is 23.9 Å². The number of aromatic nitrogens is 2. The van der Waals surface area contributed by atoms with Crippen molar-refractivity contribution in [2.75, 3.05) is 6.61 Å². The molecule has 2 aromatic rings. The number of hydrogen-bond donors (Lipinski definition) is 1. The quantitative estimate of drug-likeness (QED) is 0.937. The molecule has 0 aliphatic heterocycles. The van der Waals surface area contributed by atoms with E-state index in [1.165, 1.54) is 6.20 Å². The highest BCUT2D eigenvalue weighted by molar-refractivity contribution is 5.54. The summed E-state index contributed by atoms with van der Waals surface area (Å²) in [6.45, 7) is -0.169. The van der Waals surface area contributed by atoms with Crippen LogP contribution in [0.5, 0.6) is 0 Å². The summed E-state index contributed by atoms with van der Waals surface area (Å²) < 4.78 is 39.1. The van der Waals surface area contributed by atoms with Crippen LogP contribution in [0.1, 0.15) is 17.7 Å². The Bertz CT molecular complexity index is 570. The number of halogens is 3. The molecular formula is C14H13F3N2O. The highest BCUT2D eigenvalue weighted by atomic mass is 19.4. The molecule has 0 atom stereocenters. The van der Waals surface area contributed by atoms with Gasteiger partial charge in [-0.3, -0.25) is 0 Å². The van der Waals surface area contributed by atoms with Gasteiger partial charge in [-0.1, -0.05) is 30.3 Å². The second kappa shape index (κ2) is 6.00. The van der Waals surface area contributed by atoms with Gasteiger partial charge in [0.25, 0.3) is 0 Å². The highest BCUT2D eigenvalue weighted by Crippen LogP contribution is 2.32. The van der Waals surface area contributed by atoms with Crippen molar-refractivity contribution >= 4 is 0 Å². The molecule has 20 heavy (non-hydrogen) atoms. The smallest absolute Gasteiger partial charge is 0.396 e. The fourth-order valence-corrected chi connectivity index (χ4v) is 1.83. The largest absolute Gasteiger partial charge is 0.433 e. The van der Waals surface area contributed by atoms with Crippen LogP contribution >= 0.6 is 0 Å². The van der Waals surface area contributed by atoms with Crippen molar-refractivity contribution in [3.63, 3.8) is 0 Å². The summed E-state index contributed by atoms with van der Waals surface area (Å²) in [5, 5.41) is 8.73. The monoisotopic (exact) mass is 282 g/mol. The minimum absolute atomic E-state index is 0.00577. The Morgan fingerprint density at radius 2 is 1.80 bits per heavy atom. The van der Waals surface area contributed by atoms with Crippen molar-refractivity contribution < 1.29 is 18.3 Å². The minimum Gasteiger partial charge on any atom is -0.396 e. The number of aliphatic hydroxyl groups is 1. The minimum atomic E-state index is -4.53. The number of rotatable bonds is 4. The average Bonchev–Trinajstić information content (AvgIpc) is 2.45. The molecule has 0 saturated carbocycles. The van der Waals surface area contributed by atoms with E-state index in [1.54, 1.807) is 30.3 Å². The fraction of sp³-hybridized carbons (Fsp3) is 0.286. The van der Waals surface area contributed by atoms with Crippen molar-refractivity contribution in [2.45, 2.75) is 19.0 Å². The number of nitrogens with zero attached hydrogens (tertiary/aromatic N) is 2. The molecule has 0 amide bonds. The van der Waals surface area contributed by atoms with Crippen molar-refractivity contribution in [1.29, 1.82) is 0 Å². The number of hydrogen-bond acceptors (Lipinski definition) is 3. The molecule has 0 aliphatic rings. The van der Waals surface area contributed by atoms with E-state index in [-0.39, 0.29) is 30.8 Å². The van der Waals surface area contributed by atoms with E-state index < -0.39 is 11.9 Å². The van der Waals surface area contributed by atoms with Gasteiger partial charge in [0.05, 0.1) is 0 Å². The number of benzene rings is 1.